The molecule has 0 radical (unpaired) electrons. The predicted octanol–water partition coefficient (Wildman–Crippen LogP) is 4.32. The van der Waals surface area contributed by atoms with Crippen LogP contribution in [0.25, 0.3) is 44.4 Å². The summed E-state index contributed by atoms with van der Waals surface area (Å²) in [6.07, 6.45) is 5.09. The number of fused-ring (bicyclic) bond motifs is 1. The lowest BCUT2D eigenvalue weighted by Crippen LogP contribution is -2.33. The van der Waals surface area contributed by atoms with Gasteiger partial charge < -0.3 is 4.42 Å². The lowest BCUT2D eigenvalue weighted by Gasteiger charge is -2.24. The number of benzene rings is 1. The van der Waals surface area contributed by atoms with Gasteiger partial charge in [-0.05, 0) is 30.3 Å². The zero-order valence-corrected chi connectivity index (χ0v) is 17.6. The van der Waals surface area contributed by atoms with E-state index in [-0.39, 0.29) is 11.9 Å². The highest BCUT2D eigenvalue weighted by Gasteiger charge is 2.30. The Kier molecular flexibility index (Phi) is 4.29. The molecule has 6 rings (SSSR count). The maximum absolute atomic E-state index is 13.5. The van der Waals surface area contributed by atoms with E-state index in [9.17, 15) is 8.60 Å². The molecule has 0 aliphatic carbocycles. The molecule has 31 heavy (non-hydrogen) atoms. The van der Waals surface area contributed by atoms with Gasteiger partial charge in [0.1, 0.15) is 17.8 Å². The molecule has 1 aliphatic heterocycles. The van der Waals surface area contributed by atoms with Crippen molar-refractivity contribution in [2.24, 2.45) is 0 Å². The van der Waals surface area contributed by atoms with Crippen LogP contribution in [0.1, 0.15) is 6.04 Å². The fourth-order valence-corrected chi connectivity index (χ4v) is 5.28. The Bertz CT molecular complexity index is 1420. The molecule has 10 heteroatoms. The fraction of sp³-hybridized carbons (Fsp3) is 0.143. The van der Waals surface area contributed by atoms with Gasteiger partial charge in [-0.25, -0.2) is 19.3 Å². The van der Waals surface area contributed by atoms with Crippen LogP contribution in [0.5, 0.6) is 0 Å². The highest BCUT2D eigenvalue weighted by Crippen LogP contribution is 2.38. The zero-order valence-electron chi connectivity index (χ0n) is 15.9. The molecule has 5 aromatic rings. The van der Waals surface area contributed by atoms with Crippen molar-refractivity contribution in [3.63, 3.8) is 0 Å². The molecule has 1 aliphatic rings. The second kappa shape index (κ2) is 7.17. The van der Waals surface area contributed by atoms with Crippen LogP contribution in [0.2, 0.25) is 0 Å². The Morgan fingerprint density at radius 3 is 2.71 bits per heavy atom. The van der Waals surface area contributed by atoms with Crippen LogP contribution < -0.4 is 0 Å². The maximum Gasteiger partial charge on any atom is 0.230 e. The van der Waals surface area contributed by atoms with Crippen LogP contribution in [-0.4, -0.2) is 40.4 Å². The number of thiazole rings is 1. The number of hydrogen-bond donors (Lipinski definition) is 0. The molecule has 154 valence electrons. The molecular weight excluding hydrogens is 437 g/mol. The van der Waals surface area contributed by atoms with Gasteiger partial charge in [-0.3, -0.25) is 8.89 Å². The van der Waals surface area contributed by atoms with E-state index in [0.717, 1.165) is 21.5 Å². The first-order valence-corrected chi connectivity index (χ1v) is 11.9. The Labute approximate surface area is 182 Å². The van der Waals surface area contributed by atoms with Crippen molar-refractivity contribution in [1.29, 1.82) is 0 Å². The van der Waals surface area contributed by atoms with Crippen molar-refractivity contribution in [3.05, 3.63) is 60.3 Å². The van der Waals surface area contributed by atoms with E-state index in [0.29, 0.717) is 34.4 Å². The van der Waals surface area contributed by atoms with E-state index in [1.807, 2.05) is 22.3 Å². The van der Waals surface area contributed by atoms with E-state index >= 15 is 0 Å². The Morgan fingerprint density at radius 2 is 1.97 bits per heavy atom. The van der Waals surface area contributed by atoms with Gasteiger partial charge in [-0.2, -0.15) is 5.10 Å². The summed E-state index contributed by atoms with van der Waals surface area (Å²) in [4.78, 5) is 13.1. The molecule has 0 atom stereocenters. The van der Waals surface area contributed by atoms with E-state index in [4.69, 9.17) is 9.52 Å². The van der Waals surface area contributed by atoms with E-state index < -0.39 is 10.8 Å². The standard InChI is InChI=1S/C21H14FN5O2S2/c22-13-3-1-12(2-4-13)18-16(8-27(26-18)14-9-31(28)10-14)19-15-7-17(21-23-5-6-30-21)29-20(15)25-11-24-19/h1-8,11,14H,9-10H2. The second-order valence-electron chi connectivity index (χ2n) is 7.19. The molecule has 0 unspecified atom stereocenters. The van der Waals surface area contributed by atoms with Gasteiger partial charge in [-0.15, -0.1) is 11.3 Å². The summed E-state index contributed by atoms with van der Waals surface area (Å²) in [5.74, 6) is 1.45. The highest BCUT2D eigenvalue weighted by molar-refractivity contribution is 7.86. The third-order valence-electron chi connectivity index (χ3n) is 5.21. The van der Waals surface area contributed by atoms with Crippen LogP contribution in [-0.2, 0) is 10.8 Å². The lowest BCUT2D eigenvalue weighted by atomic mass is 10.0. The molecule has 0 saturated carbocycles. The minimum Gasteiger partial charge on any atom is -0.435 e. The average Bonchev–Trinajstić information content (AvgIpc) is 3.50. The van der Waals surface area contributed by atoms with Crippen molar-refractivity contribution in [1.82, 2.24) is 24.7 Å². The molecule has 0 amide bonds. The third-order valence-corrected chi connectivity index (χ3v) is 7.51. The topological polar surface area (TPSA) is 86.7 Å². The molecule has 4 aromatic heterocycles. The predicted molar refractivity (Wildman–Crippen MR) is 116 cm³/mol. The van der Waals surface area contributed by atoms with Gasteiger partial charge in [0, 0.05) is 51.2 Å². The van der Waals surface area contributed by atoms with Crippen molar-refractivity contribution in [3.8, 4) is 33.3 Å². The molecule has 0 bridgehead atoms. The van der Waals surface area contributed by atoms with Gasteiger partial charge in [0.2, 0.25) is 5.71 Å². The largest absolute Gasteiger partial charge is 0.435 e. The first-order chi connectivity index (χ1) is 15.2. The molecule has 0 N–H and O–H groups in total. The van der Waals surface area contributed by atoms with E-state index in [1.165, 1.54) is 29.8 Å². The summed E-state index contributed by atoms with van der Waals surface area (Å²) in [6.45, 7) is 0. The number of rotatable bonds is 4. The minimum atomic E-state index is -0.805. The third kappa shape index (κ3) is 3.19. The Balaban J connectivity index is 1.54. The second-order valence-corrected chi connectivity index (χ2v) is 9.64. The first-order valence-electron chi connectivity index (χ1n) is 9.50. The SMILES string of the molecule is O=S1CC(n2cc(-c3ncnc4oc(-c5nccs5)cc34)c(-c3ccc(F)cc3)n2)C1. The summed E-state index contributed by atoms with van der Waals surface area (Å²) in [6, 6.07) is 8.16. The van der Waals surface area contributed by atoms with Crippen LogP contribution in [0, 0.1) is 5.82 Å². The van der Waals surface area contributed by atoms with Crippen LogP contribution in [0.4, 0.5) is 4.39 Å². The maximum atomic E-state index is 13.5. The smallest absolute Gasteiger partial charge is 0.230 e. The highest BCUT2D eigenvalue weighted by atomic mass is 32.2. The normalized spacial score (nSPS) is 18.4. The van der Waals surface area contributed by atoms with Crippen LogP contribution in [0.15, 0.2) is 58.9 Å². The summed E-state index contributed by atoms with van der Waals surface area (Å²) in [5.41, 5.74) is 3.35. The van der Waals surface area contributed by atoms with Crippen LogP contribution in [0.3, 0.4) is 0 Å². The summed E-state index contributed by atoms with van der Waals surface area (Å²) in [7, 11) is -0.805. The molecular formula is C21H14FN5O2S2. The first kappa shape index (κ1) is 18.5. The van der Waals surface area contributed by atoms with Crippen LogP contribution >= 0.6 is 11.3 Å². The monoisotopic (exact) mass is 451 g/mol. The molecule has 0 spiro atoms. The van der Waals surface area contributed by atoms with Gasteiger partial charge >= 0.3 is 0 Å². The molecule has 1 fully saturated rings. The minimum absolute atomic E-state index is 0.0707. The number of hydrogen-bond acceptors (Lipinski definition) is 7. The number of furan rings is 1. The number of nitrogens with zero attached hydrogens (tertiary/aromatic N) is 5. The fourth-order valence-electron chi connectivity index (χ4n) is 3.63. The van der Waals surface area contributed by atoms with Crippen molar-refractivity contribution in [2.45, 2.75) is 6.04 Å². The van der Waals surface area contributed by atoms with Gasteiger partial charge in [-0.1, -0.05) is 0 Å². The Hall–Kier alpha value is -3.24. The number of halogens is 1. The average molecular weight is 452 g/mol. The Morgan fingerprint density at radius 1 is 1.13 bits per heavy atom. The van der Waals surface area contributed by atoms with E-state index in [2.05, 4.69) is 15.0 Å². The molecule has 7 nitrogen and oxygen atoms in total. The van der Waals surface area contributed by atoms with Crippen molar-refractivity contribution in [2.75, 3.05) is 11.5 Å². The summed E-state index contributed by atoms with van der Waals surface area (Å²) >= 11 is 1.48. The lowest BCUT2D eigenvalue weighted by molar-refractivity contribution is 0.507. The van der Waals surface area contributed by atoms with Gasteiger partial charge in [0.15, 0.2) is 10.8 Å². The number of aromatic nitrogens is 5. The van der Waals surface area contributed by atoms with E-state index in [1.54, 1.807) is 18.3 Å². The van der Waals surface area contributed by atoms with Gasteiger partial charge in [0.25, 0.3) is 0 Å². The summed E-state index contributed by atoms with van der Waals surface area (Å²) in [5, 5.41) is 8.15. The van der Waals surface area contributed by atoms with Gasteiger partial charge in [0.05, 0.1) is 17.1 Å². The van der Waals surface area contributed by atoms with Crippen molar-refractivity contribution < 1.29 is 13.0 Å². The molecule has 1 aromatic carbocycles. The quantitative estimate of drug-likeness (QED) is 0.405. The summed E-state index contributed by atoms with van der Waals surface area (Å²) < 4.78 is 32.9. The zero-order chi connectivity index (χ0) is 20.9. The molecule has 1 saturated heterocycles. The molecule has 5 heterocycles. The van der Waals surface area contributed by atoms with Crippen molar-refractivity contribution >= 4 is 33.2 Å².